The summed E-state index contributed by atoms with van der Waals surface area (Å²) in [6, 6.07) is 11.6. The van der Waals surface area contributed by atoms with Crippen LogP contribution in [0.4, 0.5) is 5.82 Å². The van der Waals surface area contributed by atoms with E-state index in [0.717, 1.165) is 35.4 Å². The molecule has 4 heterocycles. The molecule has 0 saturated carbocycles. The van der Waals surface area contributed by atoms with Crippen LogP contribution < -0.4 is 10.1 Å². The average molecular weight is 417 g/mol. The zero-order valence-electron chi connectivity index (χ0n) is 17.4. The van der Waals surface area contributed by atoms with E-state index in [1.807, 2.05) is 43.3 Å². The summed E-state index contributed by atoms with van der Waals surface area (Å²) in [5.41, 5.74) is 3.46. The lowest BCUT2D eigenvalue weighted by molar-refractivity contribution is -0.116. The Hall–Kier alpha value is -3.75. The summed E-state index contributed by atoms with van der Waals surface area (Å²) < 4.78 is 9.32. The second-order valence-corrected chi connectivity index (χ2v) is 7.63. The van der Waals surface area contributed by atoms with Gasteiger partial charge in [-0.05, 0) is 31.5 Å². The summed E-state index contributed by atoms with van der Waals surface area (Å²) in [5.74, 6) is 1.83. The first-order valence-electron chi connectivity index (χ1n) is 10.4. The third-order valence-corrected chi connectivity index (χ3v) is 5.52. The summed E-state index contributed by atoms with van der Waals surface area (Å²) in [5, 5.41) is 20.1. The fraction of sp³-hybridized carbons (Fsp3) is 0.318. The van der Waals surface area contributed by atoms with Crippen molar-refractivity contribution in [2.45, 2.75) is 39.0 Å². The van der Waals surface area contributed by atoms with Crippen LogP contribution in [0.25, 0.3) is 11.5 Å². The number of unbranched alkanes of at least 4 members (excludes halogenated alkanes) is 1. The quantitative estimate of drug-likeness (QED) is 0.484. The Kier molecular flexibility index (Phi) is 4.85. The SMILES string of the molecule is CCCCOc1ccccc1[C@@H]1CC(=O)Nc2c1c(C)nn2-c1ccc2nncn2n1. The van der Waals surface area contributed by atoms with Crippen molar-refractivity contribution in [1.82, 2.24) is 29.6 Å². The summed E-state index contributed by atoms with van der Waals surface area (Å²) in [7, 11) is 0. The third kappa shape index (κ3) is 3.41. The maximum Gasteiger partial charge on any atom is 0.226 e. The molecular formula is C22H23N7O2. The molecule has 5 rings (SSSR count). The van der Waals surface area contributed by atoms with Crippen molar-refractivity contribution in [3.63, 3.8) is 0 Å². The summed E-state index contributed by atoms with van der Waals surface area (Å²) in [4.78, 5) is 12.7. The first-order valence-corrected chi connectivity index (χ1v) is 10.4. The molecule has 1 amide bonds. The van der Waals surface area contributed by atoms with Gasteiger partial charge in [-0.3, -0.25) is 4.79 Å². The standard InChI is InChI=1S/C22H23N7O2/c1-3-4-11-31-17-8-6-5-7-15(17)16-12-20(30)24-22-21(16)14(2)26-29(22)19-10-9-18-25-23-13-28(18)27-19/h5-10,13,16H,3-4,11-12H2,1-2H3,(H,24,30)/t16-/m0/s1. The molecule has 1 N–H and O–H groups in total. The fourth-order valence-corrected chi connectivity index (χ4v) is 4.04. The number of anilines is 1. The normalized spacial score (nSPS) is 15.7. The lowest BCUT2D eigenvalue weighted by atomic mass is 9.85. The highest BCUT2D eigenvalue weighted by molar-refractivity contribution is 5.95. The van der Waals surface area contributed by atoms with E-state index in [1.54, 1.807) is 9.20 Å². The summed E-state index contributed by atoms with van der Waals surface area (Å²) in [6.07, 6.45) is 3.92. The van der Waals surface area contributed by atoms with Crippen molar-refractivity contribution in [1.29, 1.82) is 0 Å². The smallest absolute Gasteiger partial charge is 0.226 e. The number of aryl methyl sites for hydroxylation is 1. The number of fused-ring (bicyclic) bond motifs is 2. The lowest BCUT2D eigenvalue weighted by Gasteiger charge is -2.26. The lowest BCUT2D eigenvalue weighted by Crippen LogP contribution is -2.25. The molecule has 9 nitrogen and oxygen atoms in total. The second kappa shape index (κ2) is 7.82. The van der Waals surface area contributed by atoms with Gasteiger partial charge in [0.2, 0.25) is 5.91 Å². The molecule has 0 saturated heterocycles. The molecule has 0 bridgehead atoms. The van der Waals surface area contributed by atoms with Crippen molar-refractivity contribution in [3.05, 3.63) is 59.5 Å². The molecule has 31 heavy (non-hydrogen) atoms. The van der Waals surface area contributed by atoms with E-state index in [9.17, 15) is 4.79 Å². The Labute approximate surface area is 179 Å². The van der Waals surface area contributed by atoms with E-state index in [1.165, 1.54) is 6.33 Å². The predicted molar refractivity (Wildman–Crippen MR) is 115 cm³/mol. The second-order valence-electron chi connectivity index (χ2n) is 7.63. The van der Waals surface area contributed by atoms with E-state index in [-0.39, 0.29) is 11.8 Å². The van der Waals surface area contributed by atoms with E-state index in [4.69, 9.17) is 9.84 Å². The van der Waals surface area contributed by atoms with Crippen molar-refractivity contribution < 1.29 is 9.53 Å². The molecule has 1 aromatic carbocycles. The van der Waals surface area contributed by atoms with E-state index in [0.29, 0.717) is 30.3 Å². The zero-order valence-corrected chi connectivity index (χ0v) is 17.4. The van der Waals surface area contributed by atoms with Crippen LogP contribution in [0, 0.1) is 6.92 Å². The van der Waals surface area contributed by atoms with Crippen LogP contribution in [0.2, 0.25) is 0 Å². The first-order chi connectivity index (χ1) is 15.2. The Morgan fingerprint density at radius 1 is 1.19 bits per heavy atom. The number of carbonyl (C=O) groups is 1. The van der Waals surface area contributed by atoms with E-state index in [2.05, 4.69) is 27.5 Å². The highest BCUT2D eigenvalue weighted by Crippen LogP contribution is 2.42. The van der Waals surface area contributed by atoms with Crippen LogP contribution in [-0.4, -0.2) is 42.1 Å². The summed E-state index contributed by atoms with van der Waals surface area (Å²) in [6.45, 7) is 4.74. The van der Waals surface area contributed by atoms with Gasteiger partial charge in [0.05, 0.1) is 12.3 Å². The minimum absolute atomic E-state index is 0.0626. The van der Waals surface area contributed by atoms with Crippen LogP contribution in [-0.2, 0) is 4.79 Å². The first kappa shape index (κ1) is 19.2. The van der Waals surface area contributed by atoms with Crippen molar-refractivity contribution in [2.75, 3.05) is 11.9 Å². The number of hydrogen-bond donors (Lipinski definition) is 1. The number of aromatic nitrogens is 6. The molecule has 0 fully saturated rings. The molecule has 0 radical (unpaired) electrons. The van der Waals surface area contributed by atoms with Gasteiger partial charge in [-0.15, -0.1) is 15.3 Å². The molecule has 0 aliphatic carbocycles. The topological polar surface area (TPSA) is 99.2 Å². The molecule has 0 spiro atoms. The molecule has 4 aromatic rings. The average Bonchev–Trinajstić information content (AvgIpc) is 3.37. The number of carbonyl (C=O) groups excluding carboxylic acids is 1. The number of nitrogens with zero attached hydrogens (tertiary/aromatic N) is 6. The Bertz CT molecular complexity index is 1260. The molecule has 0 unspecified atom stereocenters. The molecule has 1 atom stereocenters. The number of rotatable bonds is 6. The summed E-state index contributed by atoms with van der Waals surface area (Å²) >= 11 is 0. The van der Waals surface area contributed by atoms with Crippen molar-refractivity contribution >= 4 is 17.4 Å². The number of benzene rings is 1. The predicted octanol–water partition coefficient (Wildman–Crippen LogP) is 3.27. The van der Waals surface area contributed by atoms with Gasteiger partial charge in [-0.1, -0.05) is 31.5 Å². The highest BCUT2D eigenvalue weighted by Gasteiger charge is 2.34. The Balaban J connectivity index is 1.60. The number of amides is 1. The van der Waals surface area contributed by atoms with Gasteiger partial charge < -0.3 is 10.1 Å². The number of hydrogen-bond acceptors (Lipinski definition) is 6. The Morgan fingerprint density at radius 3 is 2.94 bits per heavy atom. The van der Waals surface area contributed by atoms with Crippen LogP contribution in [0.3, 0.4) is 0 Å². The van der Waals surface area contributed by atoms with Gasteiger partial charge in [-0.25, -0.2) is 0 Å². The maximum atomic E-state index is 12.7. The molecular weight excluding hydrogens is 394 g/mol. The molecule has 3 aromatic heterocycles. The van der Waals surface area contributed by atoms with Gasteiger partial charge >= 0.3 is 0 Å². The molecule has 1 aliphatic rings. The minimum atomic E-state index is -0.144. The third-order valence-electron chi connectivity index (χ3n) is 5.52. The zero-order chi connectivity index (χ0) is 21.4. The van der Waals surface area contributed by atoms with Crippen molar-refractivity contribution in [3.8, 4) is 11.6 Å². The maximum absolute atomic E-state index is 12.7. The number of nitrogens with one attached hydrogen (secondary N) is 1. The van der Waals surface area contributed by atoms with Crippen molar-refractivity contribution in [2.24, 2.45) is 0 Å². The minimum Gasteiger partial charge on any atom is -0.493 e. The van der Waals surface area contributed by atoms with E-state index >= 15 is 0 Å². The van der Waals surface area contributed by atoms with Gasteiger partial charge in [0, 0.05) is 23.5 Å². The monoisotopic (exact) mass is 417 g/mol. The van der Waals surface area contributed by atoms with Crippen LogP contribution in [0.1, 0.15) is 48.9 Å². The van der Waals surface area contributed by atoms with Crippen LogP contribution >= 0.6 is 0 Å². The van der Waals surface area contributed by atoms with Crippen LogP contribution in [0.5, 0.6) is 5.75 Å². The van der Waals surface area contributed by atoms with Gasteiger partial charge in [-0.2, -0.15) is 14.3 Å². The number of ether oxygens (including phenoxy) is 1. The van der Waals surface area contributed by atoms with Gasteiger partial charge in [0.1, 0.15) is 17.9 Å². The number of para-hydroxylation sites is 1. The highest BCUT2D eigenvalue weighted by atomic mass is 16.5. The molecule has 1 aliphatic heterocycles. The fourth-order valence-electron chi connectivity index (χ4n) is 4.04. The molecule has 158 valence electrons. The largest absolute Gasteiger partial charge is 0.493 e. The van der Waals surface area contributed by atoms with Gasteiger partial charge in [0.15, 0.2) is 11.5 Å². The molecule has 9 heteroatoms. The Morgan fingerprint density at radius 2 is 2.06 bits per heavy atom. The van der Waals surface area contributed by atoms with E-state index < -0.39 is 0 Å². The van der Waals surface area contributed by atoms with Gasteiger partial charge in [0.25, 0.3) is 0 Å². The van der Waals surface area contributed by atoms with Crippen LogP contribution in [0.15, 0.2) is 42.7 Å².